The molecule has 0 heterocycles. The number of carbonyl (C=O) groups is 3. The van der Waals surface area contributed by atoms with Crippen molar-refractivity contribution in [1.82, 2.24) is 10.6 Å². The van der Waals surface area contributed by atoms with Crippen LogP contribution in [0.5, 0.6) is 0 Å². The number of Topliss-reactive ketones (excluding diaryl/α,β-unsaturated/α-hetero) is 1. The van der Waals surface area contributed by atoms with Crippen LogP contribution in [0.3, 0.4) is 0 Å². The Labute approximate surface area is 160 Å². The average Bonchev–Trinajstić information content (AvgIpc) is 2.62. The van der Waals surface area contributed by atoms with E-state index in [9.17, 15) is 19.2 Å². The molecule has 1 rings (SSSR count). The molecule has 1 unspecified atom stereocenters. The van der Waals surface area contributed by atoms with Crippen LogP contribution in [0.15, 0.2) is 33.7 Å². The summed E-state index contributed by atoms with van der Waals surface area (Å²) < 4.78 is 0.870. The fourth-order valence-corrected chi connectivity index (χ4v) is 2.57. The highest BCUT2D eigenvalue weighted by Crippen LogP contribution is 2.15. The maximum atomic E-state index is 11.8. The number of hydrogen-bond acceptors (Lipinski definition) is 5. The van der Waals surface area contributed by atoms with Crippen molar-refractivity contribution in [2.24, 2.45) is 4.99 Å². The minimum Gasteiger partial charge on any atom is -0.353 e. The predicted octanol–water partition coefficient (Wildman–Crippen LogP) is 2.15. The molecule has 0 aliphatic carbocycles. The molecule has 1 aromatic rings. The van der Waals surface area contributed by atoms with E-state index in [4.69, 9.17) is 0 Å². The maximum absolute atomic E-state index is 11.8. The van der Waals surface area contributed by atoms with Gasteiger partial charge in [0.1, 0.15) is 6.04 Å². The summed E-state index contributed by atoms with van der Waals surface area (Å²) in [6, 6.07) is 5.94. The van der Waals surface area contributed by atoms with Crippen LogP contribution in [0.25, 0.3) is 0 Å². The number of nitrogens with one attached hydrogen (secondary N) is 3. The zero-order valence-corrected chi connectivity index (χ0v) is 16.0. The number of rotatable bonds is 10. The molecule has 1 aromatic carbocycles. The first-order valence-corrected chi connectivity index (χ1v) is 8.90. The van der Waals surface area contributed by atoms with E-state index in [-0.39, 0.29) is 12.5 Å². The highest BCUT2D eigenvalue weighted by Gasteiger charge is 2.23. The molecule has 0 aliphatic rings. The average molecular weight is 425 g/mol. The molecule has 0 radical (unpaired) electrons. The van der Waals surface area contributed by atoms with Gasteiger partial charge in [-0.1, -0.05) is 34.8 Å². The molecule has 0 saturated heterocycles. The monoisotopic (exact) mass is 424 g/mol. The van der Waals surface area contributed by atoms with Gasteiger partial charge in [-0.15, -0.1) is 0 Å². The Bertz CT molecular complexity index is 689. The molecule has 0 fully saturated rings. The maximum Gasteiger partial charge on any atom is 0.319 e. The summed E-state index contributed by atoms with van der Waals surface area (Å²) in [4.78, 5) is 48.6. The number of hydrogen-bond donors (Lipinski definition) is 3. The third-order valence-corrected chi connectivity index (χ3v) is 3.98. The zero-order valence-electron chi connectivity index (χ0n) is 14.4. The summed E-state index contributed by atoms with van der Waals surface area (Å²) in [5.74, 6) is -1.53. The molecule has 3 amide bonds. The Hall–Kier alpha value is -2.51. The Morgan fingerprint density at radius 3 is 2.65 bits per heavy atom. The molecule has 0 aromatic heterocycles. The van der Waals surface area contributed by atoms with E-state index in [2.05, 4.69) is 36.9 Å². The first-order chi connectivity index (χ1) is 12.5. The van der Waals surface area contributed by atoms with E-state index < -0.39 is 17.7 Å². The highest BCUT2D eigenvalue weighted by molar-refractivity contribution is 9.10. The van der Waals surface area contributed by atoms with Gasteiger partial charge in [0.2, 0.25) is 11.9 Å². The fourth-order valence-electron chi connectivity index (χ4n) is 2.18. The number of urea groups is 1. The van der Waals surface area contributed by atoms with Crippen LogP contribution in [-0.4, -0.2) is 43.4 Å². The van der Waals surface area contributed by atoms with Gasteiger partial charge in [0.25, 0.3) is 5.91 Å². The quantitative estimate of drug-likeness (QED) is 0.231. The summed E-state index contributed by atoms with van der Waals surface area (Å²) in [6.45, 7) is 0.463. The number of carbonyl (C=O) groups excluding carboxylic acids is 4. The topological polar surface area (TPSA) is 117 Å². The standard InChI is InChI=1S/C17H21BrN4O4/c1-19-16(25)15(24)14(21-11-23)8-3-2-4-9-20-17(26)22-13-7-5-6-12(18)10-13/h5-7,10,14H,2-4,8-9H2,1H3,(H,19,25)(H2,20,22,26). The minimum atomic E-state index is -1.000. The molecule has 9 heteroatoms. The second-order valence-corrected chi connectivity index (χ2v) is 6.34. The smallest absolute Gasteiger partial charge is 0.319 e. The Balaban J connectivity index is 2.24. The summed E-state index contributed by atoms with van der Waals surface area (Å²) >= 11 is 3.33. The number of ketones is 1. The molecule has 0 bridgehead atoms. The lowest BCUT2D eigenvalue weighted by Crippen LogP contribution is -2.35. The summed E-state index contributed by atoms with van der Waals surface area (Å²) in [7, 11) is 1.34. The van der Waals surface area contributed by atoms with Crippen molar-refractivity contribution in [2.75, 3.05) is 18.9 Å². The summed E-state index contributed by atoms with van der Waals surface area (Å²) in [6.07, 6.45) is 3.61. The number of likely N-dealkylation sites (N-methyl/N-ethyl adjacent to an activating group) is 1. The third kappa shape index (κ3) is 8.04. The minimum absolute atomic E-state index is 0.283. The lowest BCUT2D eigenvalue weighted by molar-refractivity contribution is -0.138. The first-order valence-electron chi connectivity index (χ1n) is 8.11. The third-order valence-electron chi connectivity index (χ3n) is 3.48. The lowest BCUT2D eigenvalue weighted by atomic mass is 10.0. The van der Waals surface area contributed by atoms with E-state index >= 15 is 0 Å². The van der Waals surface area contributed by atoms with Crippen molar-refractivity contribution < 1.29 is 19.2 Å². The predicted molar refractivity (Wildman–Crippen MR) is 101 cm³/mol. The molecule has 140 valence electrons. The molecular formula is C17H21BrN4O4. The van der Waals surface area contributed by atoms with Gasteiger partial charge in [0, 0.05) is 23.8 Å². The Morgan fingerprint density at radius 2 is 2.00 bits per heavy atom. The fraction of sp³-hybridized carbons (Fsp3) is 0.412. The number of isocyanates is 1. The number of halogens is 1. The van der Waals surface area contributed by atoms with E-state index in [1.54, 1.807) is 12.1 Å². The van der Waals surface area contributed by atoms with E-state index in [1.807, 2.05) is 12.1 Å². The molecule has 26 heavy (non-hydrogen) atoms. The number of aliphatic imine (C=N–C) groups is 1. The van der Waals surface area contributed by atoms with Gasteiger partial charge in [0.05, 0.1) is 0 Å². The zero-order chi connectivity index (χ0) is 19.4. The van der Waals surface area contributed by atoms with Gasteiger partial charge in [0.15, 0.2) is 0 Å². The van der Waals surface area contributed by atoms with Gasteiger partial charge in [-0.05, 0) is 31.0 Å². The van der Waals surface area contributed by atoms with Gasteiger partial charge < -0.3 is 16.0 Å². The Morgan fingerprint density at radius 1 is 1.23 bits per heavy atom. The number of nitrogens with zero attached hydrogens (tertiary/aromatic N) is 1. The first kappa shape index (κ1) is 21.5. The largest absolute Gasteiger partial charge is 0.353 e. The van der Waals surface area contributed by atoms with Crippen LogP contribution in [-0.2, 0) is 14.4 Å². The molecule has 3 N–H and O–H groups in total. The highest BCUT2D eigenvalue weighted by atomic mass is 79.9. The van der Waals surface area contributed by atoms with Crippen LogP contribution in [0.2, 0.25) is 0 Å². The summed E-state index contributed by atoms with van der Waals surface area (Å²) in [5, 5.41) is 7.66. The molecule has 8 nitrogen and oxygen atoms in total. The van der Waals surface area contributed by atoms with Crippen molar-refractivity contribution >= 4 is 45.4 Å². The van der Waals surface area contributed by atoms with Gasteiger partial charge >= 0.3 is 6.03 Å². The van der Waals surface area contributed by atoms with Crippen LogP contribution in [0, 0.1) is 0 Å². The SMILES string of the molecule is CNC(=O)C(=O)C(CCCCCNC(=O)Nc1cccc(Br)c1)N=C=O. The Kier molecular flexibility index (Phi) is 9.89. The van der Waals surface area contributed by atoms with E-state index in [0.717, 1.165) is 4.47 Å². The second kappa shape index (κ2) is 11.9. The molecule has 0 aliphatic heterocycles. The van der Waals surface area contributed by atoms with Gasteiger partial charge in [-0.3, -0.25) is 9.59 Å². The van der Waals surface area contributed by atoms with Crippen molar-refractivity contribution in [3.8, 4) is 0 Å². The van der Waals surface area contributed by atoms with Crippen molar-refractivity contribution in [2.45, 2.75) is 31.7 Å². The van der Waals surface area contributed by atoms with E-state index in [0.29, 0.717) is 31.5 Å². The van der Waals surface area contributed by atoms with Crippen molar-refractivity contribution in [3.63, 3.8) is 0 Å². The van der Waals surface area contributed by atoms with Crippen LogP contribution in [0.1, 0.15) is 25.7 Å². The van der Waals surface area contributed by atoms with Crippen molar-refractivity contribution in [3.05, 3.63) is 28.7 Å². The summed E-state index contributed by atoms with van der Waals surface area (Å²) in [5.41, 5.74) is 0.680. The number of anilines is 1. The molecule has 0 saturated carbocycles. The van der Waals surface area contributed by atoms with Crippen LogP contribution < -0.4 is 16.0 Å². The molecule has 1 atom stereocenters. The normalized spacial score (nSPS) is 11.0. The van der Waals surface area contributed by atoms with E-state index in [1.165, 1.54) is 13.1 Å². The van der Waals surface area contributed by atoms with Crippen molar-refractivity contribution in [1.29, 1.82) is 0 Å². The van der Waals surface area contributed by atoms with Gasteiger partial charge in [-0.2, -0.15) is 4.99 Å². The second-order valence-electron chi connectivity index (χ2n) is 5.42. The number of unbranched alkanes of at least 4 members (excludes halogenated alkanes) is 2. The van der Waals surface area contributed by atoms with Crippen LogP contribution >= 0.6 is 15.9 Å². The number of benzene rings is 1. The lowest BCUT2D eigenvalue weighted by Gasteiger charge is -2.09. The molecule has 0 spiro atoms. The van der Waals surface area contributed by atoms with Crippen LogP contribution in [0.4, 0.5) is 10.5 Å². The number of amides is 3. The molecular weight excluding hydrogens is 404 g/mol. The van der Waals surface area contributed by atoms with Gasteiger partial charge in [-0.25, -0.2) is 9.59 Å².